The molecule has 0 heterocycles. The minimum Gasteiger partial charge on any atom is -1.00 e. The molecule has 30 heavy (non-hydrogen) atoms. The molecule has 0 saturated heterocycles. The fourth-order valence-electron chi connectivity index (χ4n) is 1.56. The van der Waals surface area contributed by atoms with Crippen molar-refractivity contribution in [2.75, 3.05) is 12.3 Å². The number of rotatable bonds is 2. The van der Waals surface area contributed by atoms with E-state index in [1.165, 1.54) is 17.0 Å². The predicted octanol–water partition coefficient (Wildman–Crippen LogP) is -7.74. The van der Waals surface area contributed by atoms with E-state index in [1.54, 1.807) is 49.4 Å². The summed E-state index contributed by atoms with van der Waals surface area (Å²) in [5, 5.41) is 27.5. The third kappa shape index (κ3) is 16.2. The Balaban J connectivity index is -0.0000000739. The third-order valence-corrected chi connectivity index (χ3v) is 2.65. The summed E-state index contributed by atoms with van der Waals surface area (Å²) in [7, 11) is 0. The van der Waals surface area contributed by atoms with Gasteiger partial charge in [-0.25, -0.2) is 0 Å². The Morgan fingerprint density at radius 3 is 1.63 bits per heavy atom. The van der Waals surface area contributed by atoms with Crippen LogP contribution in [-0.4, -0.2) is 58.9 Å². The van der Waals surface area contributed by atoms with E-state index in [1.807, 2.05) is 0 Å². The number of anilines is 1. The number of hydroxylamine groups is 2. The number of halogens is 2. The van der Waals surface area contributed by atoms with Crippen molar-refractivity contribution in [3.05, 3.63) is 70.1 Å². The first-order chi connectivity index (χ1) is 11.9. The van der Waals surface area contributed by atoms with Crippen molar-refractivity contribution in [2.24, 2.45) is 0 Å². The van der Waals surface area contributed by atoms with Gasteiger partial charge in [-0.3, -0.25) is 9.59 Å². The van der Waals surface area contributed by atoms with Gasteiger partial charge < -0.3 is 73.7 Å². The average Bonchev–Trinajstić information content (AvgIpc) is 2.62. The number of quaternary nitrogens is 1. The first-order valence-electron chi connectivity index (χ1n) is 7.14. The van der Waals surface area contributed by atoms with Crippen LogP contribution in [0.15, 0.2) is 48.5 Å². The molecule has 14 heteroatoms. The van der Waals surface area contributed by atoms with Crippen molar-refractivity contribution < 1.29 is 56.2 Å². The van der Waals surface area contributed by atoms with Crippen molar-refractivity contribution in [3.8, 4) is 0 Å². The Morgan fingerprint density at radius 2 is 1.27 bits per heavy atom. The van der Waals surface area contributed by atoms with Gasteiger partial charge in [-0.1, -0.05) is 24.3 Å². The second kappa shape index (κ2) is 25.4. The van der Waals surface area contributed by atoms with Gasteiger partial charge in [0.15, 0.2) is 0 Å². The molecule has 2 amide bonds. The smallest absolute Gasteiger partial charge is 1.00 e. The van der Waals surface area contributed by atoms with E-state index in [9.17, 15) is 20.0 Å². The fraction of sp³-hybridized carbons (Fsp3) is 0.125. The van der Waals surface area contributed by atoms with Crippen LogP contribution < -0.4 is 47.2 Å². The topological polar surface area (TPSA) is 241 Å². The molecule has 12 N–H and O–H groups in total. The van der Waals surface area contributed by atoms with Gasteiger partial charge in [0.2, 0.25) is 11.8 Å². The summed E-state index contributed by atoms with van der Waals surface area (Å²) in [4.78, 5) is 21.5. The van der Waals surface area contributed by atoms with Crippen LogP contribution in [0.25, 0.3) is 0 Å². The van der Waals surface area contributed by atoms with Crippen molar-refractivity contribution in [1.82, 2.24) is 11.0 Å². The van der Waals surface area contributed by atoms with Crippen molar-refractivity contribution in [1.29, 1.82) is 0 Å². The molecule has 2 aromatic carbocycles. The fourth-order valence-corrected chi connectivity index (χ4v) is 1.56. The van der Waals surface area contributed by atoms with Gasteiger partial charge in [-0.15, -0.1) is 0 Å². The Bertz CT molecular complexity index is 643. The van der Waals surface area contributed by atoms with Crippen LogP contribution in [0.2, 0.25) is 0 Å². The van der Waals surface area contributed by atoms with Crippen LogP contribution in [0.4, 0.5) is 11.4 Å². The first-order valence-corrected chi connectivity index (χ1v) is 7.14. The Kier molecular flexibility index (Phi) is 35.9. The molecule has 0 aliphatic heterocycles. The molecule has 0 fully saturated rings. The molecule has 2 radical (unpaired) electrons. The van der Waals surface area contributed by atoms with Crippen LogP contribution >= 0.6 is 0 Å². The van der Waals surface area contributed by atoms with Gasteiger partial charge in [0.05, 0.1) is 11.1 Å². The quantitative estimate of drug-likeness (QED) is 0.132. The number of nitrogen functional groups attached to an aromatic ring is 1. The maximum Gasteiger partial charge on any atom is 3.00 e. The number of nitrogens with one attached hydrogen (secondary N) is 2. The van der Waals surface area contributed by atoms with Crippen LogP contribution in [0, 0.1) is 10.4 Å². The maximum atomic E-state index is 10.8. The molecule has 0 aliphatic rings. The van der Waals surface area contributed by atoms with Gasteiger partial charge in [0.25, 0.3) is 0 Å². The summed E-state index contributed by atoms with van der Waals surface area (Å²) in [5.41, 5.74) is 12.9. The molecule has 0 unspecified atom stereocenters. The van der Waals surface area contributed by atoms with E-state index in [-0.39, 0.29) is 72.4 Å². The van der Waals surface area contributed by atoms with Gasteiger partial charge in [0, 0.05) is 12.3 Å². The van der Waals surface area contributed by atoms with Crippen molar-refractivity contribution in [3.63, 3.8) is 0 Å². The molecule has 0 bridgehead atoms. The SMILES string of the molecule is CCO.Nc1ccccc1C(=O)N[O-].O.O.[Cl-].[Cl-].[NH3+]c1ccccc1C(=O)N[O-].[Sb+3]. The van der Waals surface area contributed by atoms with E-state index in [2.05, 4.69) is 5.73 Å². The minimum absolute atomic E-state index is 0. The summed E-state index contributed by atoms with van der Waals surface area (Å²) in [6, 6.07) is 13.0. The summed E-state index contributed by atoms with van der Waals surface area (Å²) in [5.74, 6) is -1.35. The van der Waals surface area contributed by atoms with Gasteiger partial charge in [-0.05, 0) is 31.2 Å². The number of hydrogen-bond acceptors (Lipinski definition) is 6. The normalized spacial score (nSPS) is 7.37. The third-order valence-electron chi connectivity index (χ3n) is 2.65. The minimum atomic E-state index is -0.705. The predicted molar refractivity (Wildman–Crippen MR) is 107 cm³/mol. The maximum absolute atomic E-state index is 10.8. The van der Waals surface area contributed by atoms with Gasteiger partial charge >= 0.3 is 24.4 Å². The van der Waals surface area contributed by atoms with E-state index < -0.39 is 11.8 Å². The molecular formula is C16H25Cl2N4O7Sb. The number of aliphatic hydroxyl groups is 1. The number of amides is 2. The Morgan fingerprint density at radius 1 is 0.933 bits per heavy atom. The molecule has 2 rings (SSSR count). The summed E-state index contributed by atoms with van der Waals surface area (Å²) < 4.78 is 0. The van der Waals surface area contributed by atoms with Crippen LogP contribution in [-0.2, 0) is 0 Å². The molecule has 0 spiro atoms. The largest absolute Gasteiger partial charge is 3.00 e. The number of para-hydroxylation sites is 1. The molecule has 2 aromatic rings. The van der Waals surface area contributed by atoms with Gasteiger partial charge in [0.1, 0.15) is 5.69 Å². The molecule has 11 nitrogen and oxygen atoms in total. The second-order valence-corrected chi connectivity index (χ2v) is 4.42. The first kappa shape index (κ1) is 42.4. The zero-order valence-corrected chi connectivity index (χ0v) is 20.0. The van der Waals surface area contributed by atoms with E-state index in [0.29, 0.717) is 16.9 Å². The average molecular weight is 578 g/mol. The zero-order valence-electron chi connectivity index (χ0n) is 15.9. The summed E-state index contributed by atoms with van der Waals surface area (Å²) >= 11 is 0. The molecule has 0 saturated carbocycles. The summed E-state index contributed by atoms with van der Waals surface area (Å²) in [6.07, 6.45) is 0. The van der Waals surface area contributed by atoms with Crippen LogP contribution in [0.5, 0.6) is 0 Å². The molecule has 170 valence electrons. The number of aliphatic hydroxyl groups excluding tert-OH is 1. The summed E-state index contributed by atoms with van der Waals surface area (Å²) in [6.45, 7) is 1.93. The zero-order chi connectivity index (χ0) is 19.2. The van der Waals surface area contributed by atoms with Crippen LogP contribution in [0.1, 0.15) is 27.6 Å². The molecule has 0 aliphatic carbocycles. The van der Waals surface area contributed by atoms with E-state index >= 15 is 0 Å². The monoisotopic (exact) mass is 576 g/mol. The van der Waals surface area contributed by atoms with Crippen LogP contribution in [0.3, 0.4) is 0 Å². The number of benzene rings is 2. The standard InChI is InChI=1S/2C7H7N2O2.C2H6O.2ClH.2H2O.Sb/c2*8-6-4-2-1-3-5(6)7(10)9-11;1-2-3;;;;;/h2*1-4H,(H3-,8,9,10,11);3H,2H2,1H3;2*1H;2*1H2;/q2*-1;;;;;;+3/p-1. The Labute approximate surface area is 203 Å². The number of nitrogens with two attached hydrogens (primary N) is 1. The molecule has 0 aromatic heterocycles. The van der Waals surface area contributed by atoms with E-state index in [4.69, 9.17) is 10.8 Å². The second-order valence-electron chi connectivity index (χ2n) is 4.42. The van der Waals surface area contributed by atoms with E-state index in [0.717, 1.165) is 0 Å². The number of carbonyl (C=O) groups excluding carboxylic acids is 2. The Hall–Kier alpha value is -1.66. The van der Waals surface area contributed by atoms with Gasteiger partial charge in [-0.2, -0.15) is 0 Å². The number of hydrogen-bond donors (Lipinski definition) is 5. The van der Waals surface area contributed by atoms with Crippen molar-refractivity contribution in [2.45, 2.75) is 6.92 Å². The molecule has 0 atom stereocenters. The van der Waals surface area contributed by atoms with Crippen molar-refractivity contribution >= 4 is 47.6 Å². The molecular weight excluding hydrogens is 553 g/mol. The number of carbonyl (C=O) groups is 2.